The van der Waals surface area contributed by atoms with Gasteiger partial charge in [-0.1, -0.05) is 17.7 Å². The zero-order chi connectivity index (χ0) is 14.4. The molecule has 1 rings (SSSR count). The maximum absolute atomic E-state index is 12.1. The summed E-state index contributed by atoms with van der Waals surface area (Å²) in [5, 5.41) is 9.39. The summed E-state index contributed by atoms with van der Waals surface area (Å²) in [6.07, 6.45) is -0.634. The lowest BCUT2D eigenvalue weighted by Crippen LogP contribution is -2.41. The van der Waals surface area contributed by atoms with Crippen LogP contribution in [0.4, 0.5) is 0 Å². The van der Waals surface area contributed by atoms with Gasteiger partial charge in [-0.2, -0.15) is 0 Å². The molecule has 5 heteroatoms. The summed E-state index contributed by atoms with van der Waals surface area (Å²) in [6, 6.07) is 5.43. The molecule has 0 bridgehead atoms. The van der Waals surface area contributed by atoms with Crippen LogP contribution >= 0.6 is 11.6 Å². The fraction of sp³-hybridized carbons (Fsp3) is 0.500. The standard InChI is InChI=1S/C14H20ClNO3/c1-4-16(7-8-17)14(18)11(3)19-13-9-10(2)5-6-12(13)15/h5-6,9,11,17H,4,7-8H2,1-3H3. The van der Waals surface area contributed by atoms with E-state index < -0.39 is 6.10 Å². The zero-order valence-electron chi connectivity index (χ0n) is 11.5. The first-order valence-electron chi connectivity index (χ1n) is 6.32. The Morgan fingerprint density at radius 3 is 2.79 bits per heavy atom. The van der Waals surface area contributed by atoms with Crippen LogP contribution in [0.5, 0.6) is 5.75 Å². The molecule has 4 nitrogen and oxygen atoms in total. The molecule has 1 aromatic carbocycles. The predicted octanol–water partition coefficient (Wildman–Crippen LogP) is 2.26. The number of carbonyl (C=O) groups is 1. The van der Waals surface area contributed by atoms with Crippen molar-refractivity contribution in [2.75, 3.05) is 19.7 Å². The minimum Gasteiger partial charge on any atom is -0.479 e. The van der Waals surface area contributed by atoms with Crippen LogP contribution in [0.1, 0.15) is 19.4 Å². The molecule has 1 aromatic rings. The molecule has 0 fully saturated rings. The van der Waals surface area contributed by atoms with Crippen molar-refractivity contribution in [2.45, 2.75) is 26.9 Å². The highest BCUT2D eigenvalue weighted by atomic mass is 35.5. The minimum atomic E-state index is -0.634. The van der Waals surface area contributed by atoms with E-state index in [9.17, 15) is 4.79 Å². The van der Waals surface area contributed by atoms with Gasteiger partial charge in [0, 0.05) is 13.1 Å². The summed E-state index contributed by atoms with van der Waals surface area (Å²) in [5.74, 6) is 0.344. The van der Waals surface area contributed by atoms with Crippen LogP contribution in [-0.4, -0.2) is 41.7 Å². The van der Waals surface area contributed by atoms with E-state index in [2.05, 4.69) is 0 Å². The predicted molar refractivity (Wildman–Crippen MR) is 75.6 cm³/mol. The van der Waals surface area contributed by atoms with E-state index in [1.165, 1.54) is 0 Å². The molecule has 0 heterocycles. The molecule has 106 valence electrons. The lowest BCUT2D eigenvalue weighted by molar-refractivity contribution is -0.138. The molecular formula is C14H20ClNO3. The lowest BCUT2D eigenvalue weighted by atomic mass is 10.2. The van der Waals surface area contributed by atoms with Crippen LogP contribution in [0, 0.1) is 6.92 Å². The van der Waals surface area contributed by atoms with E-state index in [-0.39, 0.29) is 12.5 Å². The highest BCUT2D eigenvalue weighted by Crippen LogP contribution is 2.26. The fourth-order valence-electron chi connectivity index (χ4n) is 1.74. The number of aryl methyl sites for hydroxylation is 1. The normalized spacial score (nSPS) is 12.1. The zero-order valence-corrected chi connectivity index (χ0v) is 12.3. The molecule has 1 amide bonds. The van der Waals surface area contributed by atoms with Gasteiger partial charge in [-0.3, -0.25) is 4.79 Å². The number of amides is 1. The van der Waals surface area contributed by atoms with Crippen LogP contribution in [0.3, 0.4) is 0 Å². The Labute approximate surface area is 118 Å². The van der Waals surface area contributed by atoms with Crippen LogP contribution in [0.2, 0.25) is 5.02 Å². The molecule has 1 unspecified atom stereocenters. The Balaban J connectivity index is 2.75. The molecule has 1 atom stereocenters. The number of nitrogens with zero attached hydrogens (tertiary/aromatic N) is 1. The van der Waals surface area contributed by atoms with Gasteiger partial charge in [-0.05, 0) is 38.5 Å². The number of hydrogen-bond acceptors (Lipinski definition) is 3. The van der Waals surface area contributed by atoms with Crippen molar-refractivity contribution in [1.29, 1.82) is 0 Å². The Morgan fingerprint density at radius 1 is 1.53 bits per heavy atom. The summed E-state index contributed by atoms with van der Waals surface area (Å²) in [7, 11) is 0. The molecular weight excluding hydrogens is 266 g/mol. The number of likely N-dealkylation sites (N-methyl/N-ethyl adjacent to an activating group) is 1. The van der Waals surface area contributed by atoms with Gasteiger partial charge in [0.05, 0.1) is 11.6 Å². The van der Waals surface area contributed by atoms with Crippen LogP contribution in [0.25, 0.3) is 0 Å². The number of hydrogen-bond donors (Lipinski definition) is 1. The van der Waals surface area contributed by atoms with Crippen LogP contribution < -0.4 is 4.74 Å². The maximum atomic E-state index is 12.1. The topological polar surface area (TPSA) is 49.8 Å². The van der Waals surface area contributed by atoms with E-state index in [0.717, 1.165) is 5.56 Å². The summed E-state index contributed by atoms with van der Waals surface area (Å²) in [4.78, 5) is 13.7. The Kier molecular flexibility index (Phi) is 6.12. The lowest BCUT2D eigenvalue weighted by Gasteiger charge is -2.24. The third-order valence-electron chi connectivity index (χ3n) is 2.80. The van der Waals surface area contributed by atoms with E-state index in [4.69, 9.17) is 21.4 Å². The molecule has 0 spiro atoms. The number of rotatable bonds is 6. The van der Waals surface area contributed by atoms with E-state index >= 15 is 0 Å². The highest BCUT2D eigenvalue weighted by molar-refractivity contribution is 6.32. The van der Waals surface area contributed by atoms with E-state index in [0.29, 0.717) is 23.9 Å². The molecule has 0 aliphatic heterocycles. The van der Waals surface area contributed by atoms with Crippen molar-refractivity contribution in [2.24, 2.45) is 0 Å². The molecule has 0 saturated carbocycles. The largest absolute Gasteiger partial charge is 0.479 e. The Hall–Kier alpha value is -1.26. The molecule has 0 aromatic heterocycles. The van der Waals surface area contributed by atoms with Gasteiger partial charge < -0.3 is 14.7 Å². The van der Waals surface area contributed by atoms with Gasteiger partial charge in [0.1, 0.15) is 5.75 Å². The first-order chi connectivity index (χ1) is 8.99. The molecule has 0 aliphatic carbocycles. The highest BCUT2D eigenvalue weighted by Gasteiger charge is 2.21. The number of carbonyl (C=O) groups excluding carboxylic acids is 1. The van der Waals surface area contributed by atoms with Gasteiger partial charge in [0.2, 0.25) is 0 Å². The van der Waals surface area contributed by atoms with Crippen molar-refractivity contribution in [3.8, 4) is 5.75 Å². The van der Waals surface area contributed by atoms with Crippen LogP contribution in [-0.2, 0) is 4.79 Å². The summed E-state index contributed by atoms with van der Waals surface area (Å²) in [6.45, 7) is 6.26. The second-order valence-corrected chi connectivity index (χ2v) is 4.74. The van der Waals surface area contributed by atoms with Crippen molar-refractivity contribution in [3.63, 3.8) is 0 Å². The summed E-state index contributed by atoms with van der Waals surface area (Å²) in [5.41, 5.74) is 1.02. The van der Waals surface area contributed by atoms with Crippen molar-refractivity contribution < 1.29 is 14.6 Å². The monoisotopic (exact) mass is 285 g/mol. The number of ether oxygens (including phenoxy) is 1. The van der Waals surface area contributed by atoms with Crippen molar-refractivity contribution in [1.82, 2.24) is 4.90 Å². The first-order valence-corrected chi connectivity index (χ1v) is 6.69. The second-order valence-electron chi connectivity index (χ2n) is 4.34. The summed E-state index contributed by atoms with van der Waals surface area (Å²) >= 11 is 6.03. The van der Waals surface area contributed by atoms with Gasteiger partial charge >= 0.3 is 0 Å². The van der Waals surface area contributed by atoms with Gasteiger partial charge in [-0.15, -0.1) is 0 Å². The van der Waals surface area contributed by atoms with E-state index in [1.807, 2.05) is 19.9 Å². The summed E-state index contributed by atoms with van der Waals surface area (Å²) < 4.78 is 5.61. The molecule has 19 heavy (non-hydrogen) atoms. The fourth-order valence-corrected chi connectivity index (χ4v) is 1.91. The molecule has 1 N–H and O–H groups in total. The number of aliphatic hydroxyl groups excluding tert-OH is 1. The quantitative estimate of drug-likeness (QED) is 0.872. The smallest absolute Gasteiger partial charge is 0.263 e. The van der Waals surface area contributed by atoms with E-state index in [1.54, 1.807) is 24.0 Å². The van der Waals surface area contributed by atoms with Gasteiger partial charge in [0.25, 0.3) is 5.91 Å². The third kappa shape index (κ3) is 4.40. The minimum absolute atomic E-state index is 0.0580. The maximum Gasteiger partial charge on any atom is 0.263 e. The Morgan fingerprint density at radius 2 is 2.21 bits per heavy atom. The average molecular weight is 286 g/mol. The number of aliphatic hydroxyl groups is 1. The first kappa shape index (κ1) is 15.8. The molecule has 0 aliphatic rings. The SMILES string of the molecule is CCN(CCO)C(=O)C(C)Oc1cc(C)ccc1Cl. The van der Waals surface area contributed by atoms with Gasteiger partial charge in [-0.25, -0.2) is 0 Å². The number of benzene rings is 1. The van der Waals surface area contributed by atoms with Gasteiger partial charge in [0.15, 0.2) is 6.10 Å². The average Bonchev–Trinajstić information content (AvgIpc) is 2.39. The second kappa shape index (κ2) is 7.36. The van der Waals surface area contributed by atoms with Crippen LogP contribution in [0.15, 0.2) is 18.2 Å². The number of halogens is 1. The van der Waals surface area contributed by atoms with Crippen molar-refractivity contribution in [3.05, 3.63) is 28.8 Å². The third-order valence-corrected chi connectivity index (χ3v) is 3.11. The Bertz CT molecular complexity index is 437. The molecule has 0 saturated heterocycles. The van der Waals surface area contributed by atoms with Crippen molar-refractivity contribution >= 4 is 17.5 Å². The molecule has 0 radical (unpaired) electrons.